The number of hydrogen-bond donors (Lipinski definition) is 1. The van der Waals surface area contributed by atoms with Crippen LogP contribution in [0.4, 0.5) is 4.79 Å². The van der Waals surface area contributed by atoms with Crippen molar-refractivity contribution in [1.29, 1.82) is 0 Å². The fourth-order valence-corrected chi connectivity index (χ4v) is 7.11. The molecule has 0 spiro atoms. The molecule has 32 heavy (non-hydrogen) atoms. The lowest BCUT2D eigenvalue weighted by Crippen LogP contribution is -2.63. The summed E-state index contributed by atoms with van der Waals surface area (Å²) in [6, 6.07) is -0.177. The number of aliphatic hydroxyl groups is 1. The van der Waals surface area contributed by atoms with E-state index >= 15 is 0 Å². The molecule has 0 aromatic heterocycles. The summed E-state index contributed by atoms with van der Waals surface area (Å²) in [7, 11) is 0. The zero-order chi connectivity index (χ0) is 23.0. The van der Waals surface area contributed by atoms with E-state index in [1.54, 1.807) is 34.6 Å². The second-order valence-electron chi connectivity index (χ2n) is 8.69. The summed E-state index contributed by atoms with van der Waals surface area (Å²) in [5.74, 6) is -1.13. The quantitative estimate of drug-likeness (QED) is 0.335. The van der Waals surface area contributed by atoms with Gasteiger partial charge in [-0.15, -0.1) is 11.8 Å². The van der Waals surface area contributed by atoms with Gasteiger partial charge in [-0.25, -0.2) is 9.59 Å². The number of nitrogens with zero attached hydrogens (tertiary/aromatic N) is 2. The molecule has 6 atom stereocenters. The second-order valence-corrected chi connectivity index (χ2v) is 10.2. The first-order valence-corrected chi connectivity index (χ1v) is 12.0. The van der Waals surface area contributed by atoms with E-state index in [4.69, 9.17) is 9.47 Å². The molecule has 0 aromatic carbocycles. The number of carbonyl (C=O) groups excluding carboxylic acids is 3. The van der Waals surface area contributed by atoms with Crippen LogP contribution in [0.25, 0.3) is 0 Å². The van der Waals surface area contributed by atoms with Crippen molar-refractivity contribution in [2.45, 2.75) is 48.8 Å². The van der Waals surface area contributed by atoms with Gasteiger partial charge in [0, 0.05) is 29.5 Å². The molecule has 2 saturated heterocycles. The third-order valence-corrected chi connectivity index (χ3v) is 8.32. The molecule has 174 valence electrons. The summed E-state index contributed by atoms with van der Waals surface area (Å²) in [6.07, 6.45) is 4.56. The van der Waals surface area contributed by atoms with E-state index in [9.17, 15) is 19.5 Å². The largest absolute Gasteiger partial charge is 0.457 e. The van der Waals surface area contributed by atoms with Gasteiger partial charge >= 0.3 is 12.1 Å². The third-order valence-electron chi connectivity index (χ3n) is 6.73. The van der Waals surface area contributed by atoms with Gasteiger partial charge in [-0.1, -0.05) is 25.3 Å². The highest BCUT2D eigenvalue weighted by atomic mass is 32.2. The molecule has 3 aliphatic heterocycles. The highest BCUT2D eigenvalue weighted by Crippen LogP contribution is 2.56. The number of likely N-dealkylation sites (tertiary alicyclic amines) is 1. The lowest BCUT2D eigenvalue weighted by Gasteiger charge is -2.47. The van der Waals surface area contributed by atoms with Crippen LogP contribution in [0.2, 0.25) is 0 Å². The van der Waals surface area contributed by atoms with Crippen molar-refractivity contribution in [3.8, 4) is 0 Å². The Balaban J connectivity index is 1.51. The van der Waals surface area contributed by atoms with Gasteiger partial charge in [0.25, 0.3) is 0 Å². The fraction of sp³-hybridized carbons (Fsp3) is 0.609. The molecule has 1 aliphatic carbocycles. The Kier molecular flexibility index (Phi) is 6.67. The minimum Gasteiger partial charge on any atom is -0.457 e. The number of aliphatic hydroxyl groups excluding tert-OH is 1. The van der Waals surface area contributed by atoms with Crippen LogP contribution in [0.3, 0.4) is 0 Å². The van der Waals surface area contributed by atoms with E-state index in [-0.39, 0.29) is 47.7 Å². The molecule has 3 heterocycles. The number of rotatable bonds is 8. The summed E-state index contributed by atoms with van der Waals surface area (Å²) < 4.78 is 10.5. The minimum atomic E-state index is -0.759. The van der Waals surface area contributed by atoms with E-state index in [2.05, 4.69) is 13.2 Å². The number of carbonyl (C=O) groups is 3. The molecule has 2 amide bonds. The number of thioether (sulfide) groups is 1. The van der Waals surface area contributed by atoms with E-state index in [0.717, 1.165) is 24.8 Å². The van der Waals surface area contributed by atoms with Crippen LogP contribution < -0.4 is 0 Å². The topological polar surface area (TPSA) is 96.4 Å². The lowest BCUT2D eigenvalue weighted by atomic mass is 9.77. The van der Waals surface area contributed by atoms with Crippen molar-refractivity contribution in [3.63, 3.8) is 0 Å². The summed E-state index contributed by atoms with van der Waals surface area (Å²) >= 11 is 1.77. The fourth-order valence-electron chi connectivity index (χ4n) is 5.44. The van der Waals surface area contributed by atoms with E-state index < -0.39 is 18.0 Å². The van der Waals surface area contributed by atoms with Crippen molar-refractivity contribution in [2.24, 2.45) is 11.8 Å². The molecule has 1 saturated carbocycles. The molecule has 3 fully saturated rings. The van der Waals surface area contributed by atoms with Crippen LogP contribution in [0.15, 0.2) is 36.6 Å². The molecule has 0 bridgehead atoms. The molecule has 1 N–H and O–H groups in total. The Morgan fingerprint density at radius 1 is 1.22 bits per heavy atom. The van der Waals surface area contributed by atoms with Gasteiger partial charge in [-0.2, -0.15) is 0 Å². The van der Waals surface area contributed by atoms with E-state index in [1.807, 2.05) is 0 Å². The average molecular weight is 463 g/mol. The summed E-state index contributed by atoms with van der Waals surface area (Å²) in [5.41, 5.74) is 1.33. The van der Waals surface area contributed by atoms with Gasteiger partial charge in [-0.3, -0.25) is 4.79 Å². The first kappa shape index (κ1) is 22.9. The van der Waals surface area contributed by atoms with Crippen molar-refractivity contribution in [2.75, 3.05) is 26.3 Å². The SMILES string of the molecule is C=CCOC(=O)C1=C2C(S[C@H]3CCN(C(=O)OCC=C)C3)CC[C@H]2[C@@H]2[C@@H]([C@@H](C)O)C(=O)N12. The Hall–Kier alpha value is -2.26. The first-order chi connectivity index (χ1) is 15.4. The zero-order valence-electron chi connectivity index (χ0n) is 18.3. The lowest BCUT2D eigenvalue weighted by molar-refractivity contribution is -0.164. The van der Waals surface area contributed by atoms with Gasteiger partial charge in [-0.05, 0) is 31.8 Å². The third kappa shape index (κ3) is 3.85. The maximum absolute atomic E-state index is 12.9. The van der Waals surface area contributed by atoms with Gasteiger partial charge in [0.15, 0.2) is 0 Å². The molecule has 0 radical (unpaired) electrons. The molecule has 4 rings (SSSR count). The Bertz CT molecular complexity index is 855. The van der Waals surface area contributed by atoms with Crippen LogP contribution in [0, 0.1) is 11.8 Å². The average Bonchev–Trinajstić information content (AvgIpc) is 3.45. The smallest absolute Gasteiger partial charge is 0.410 e. The second kappa shape index (κ2) is 9.31. The van der Waals surface area contributed by atoms with Crippen molar-refractivity contribution in [1.82, 2.24) is 9.80 Å². The number of fused-ring (bicyclic) bond motifs is 3. The number of esters is 1. The van der Waals surface area contributed by atoms with Crippen LogP contribution in [-0.4, -0.2) is 81.8 Å². The molecular formula is C23H30N2O6S. The van der Waals surface area contributed by atoms with Crippen LogP contribution >= 0.6 is 11.8 Å². The number of amides is 2. The van der Waals surface area contributed by atoms with E-state index in [0.29, 0.717) is 18.8 Å². The van der Waals surface area contributed by atoms with E-state index in [1.165, 1.54) is 6.08 Å². The van der Waals surface area contributed by atoms with Crippen molar-refractivity contribution < 1.29 is 29.0 Å². The van der Waals surface area contributed by atoms with Crippen LogP contribution in [0.1, 0.15) is 26.2 Å². The molecule has 1 unspecified atom stereocenters. The van der Waals surface area contributed by atoms with Crippen molar-refractivity contribution >= 4 is 29.7 Å². The molecule has 0 aromatic rings. The maximum Gasteiger partial charge on any atom is 0.410 e. The summed E-state index contributed by atoms with van der Waals surface area (Å²) in [5, 5.41) is 10.5. The summed E-state index contributed by atoms with van der Waals surface area (Å²) in [6.45, 7) is 10.3. The van der Waals surface area contributed by atoms with Crippen LogP contribution in [-0.2, 0) is 19.1 Å². The molecule has 9 heteroatoms. The Labute approximate surface area is 192 Å². The Morgan fingerprint density at radius 3 is 2.62 bits per heavy atom. The van der Waals surface area contributed by atoms with Gasteiger partial charge < -0.3 is 24.4 Å². The summed E-state index contributed by atoms with van der Waals surface area (Å²) in [4.78, 5) is 41.1. The maximum atomic E-state index is 12.9. The standard InChI is InChI=1S/C23H30N2O6S/c1-4-10-30-22(28)20-18-15(19-17(13(3)26)21(27)25(19)20)6-7-16(18)32-14-8-9-24(12-14)23(29)31-11-5-2/h4-5,13-17,19,26H,1-2,6-12H2,3H3/t13-,14+,15-,16?,17-,19-/m1/s1. The highest BCUT2D eigenvalue weighted by molar-refractivity contribution is 8.00. The number of ether oxygens (including phenoxy) is 2. The highest BCUT2D eigenvalue weighted by Gasteiger charge is 2.63. The van der Waals surface area contributed by atoms with Gasteiger partial charge in [0.05, 0.1) is 18.1 Å². The van der Waals surface area contributed by atoms with Gasteiger partial charge in [0.1, 0.15) is 18.9 Å². The number of hydrogen-bond acceptors (Lipinski definition) is 7. The molecule has 4 aliphatic rings. The first-order valence-electron chi connectivity index (χ1n) is 11.1. The normalized spacial score (nSPS) is 31.7. The van der Waals surface area contributed by atoms with Gasteiger partial charge in [0.2, 0.25) is 5.91 Å². The monoisotopic (exact) mass is 462 g/mol. The predicted molar refractivity (Wildman–Crippen MR) is 120 cm³/mol. The predicted octanol–water partition coefficient (Wildman–Crippen LogP) is 2.10. The number of β-lactam (4-membered cyclic amide) rings is 1. The van der Waals surface area contributed by atoms with Crippen molar-refractivity contribution in [3.05, 3.63) is 36.6 Å². The minimum absolute atomic E-state index is 0.0612. The molecule has 8 nitrogen and oxygen atoms in total. The van der Waals surface area contributed by atoms with Crippen LogP contribution in [0.5, 0.6) is 0 Å². The zero-order valence-corrected chi connectivity index (χ0v) is 19.1. The Morgan fingerprint density at radius 2 is 1.94 bits per heavy atom. The molecular weight excluding hydrogens is 432 g/mol.